The maximum absolute atomic E-state index is 11.7. The van der Waals surface area contributed by atoms with Gasteiger partial charge in [0.1, 0.15) is 24.4 Å². The summed E-state index contributed by atoms with van der Waals surface area (Å²) in [7, 11) is 0. The van der Waals surface area contributed by atoms with Crippen LogP contribution >= 0.6 is 11.6 Å². The summed E-state index contributed by atoms with van der Waals surface area (Å²) in [5.41, 5.74) is -1.25. The first-order valence-corrected chi connectivity index (χ1v) is 6.05. The van der Waals surface area contributed by atoms with Gasteiger partial charge < -0.3 is 19.7 Å². The predicted molar refractivity (Wildman–Crippen MR) is 63.9 cm³/mol. The molecule has 19 heavy (non-hydrogen) atoms. The van der Waals surface area contributed by atoms with Crippen molar-refractivity contribution in [3.8, 4) is 0 Å². The highest BCUT2D eigenvalue weighted by Crippen LogP contribution is 2.30. The molecule has 2 rings (SSSR count). The van der Waals surface area contributed by atoms with Gasteiger partial charge in [-0.2, -0.15) is 0 Å². The van der Waals surface area contributed by atoms with Crippen molar-refractivity contribution in [2.75, 3.05) is 12.7 Å². The van der Waals surface area contributed by atoms with E-state index in [9.17, 15) is 14.7 Å². The van der Waals surface area contributed by atoms with E-state index in [4.69, 9.17) is 26.2 Å². The molecular formula is C10H13ClN2O6. The summed E-state index contributed by atoms with van der Waals surface area (Å²) >= 11 is 5.46. The van der Waals surface area contributed by atoms with E-state index in [1.807, 2.05) is 0 Å². The summed E-state index contributed by atoms with van der Waals surface area (Å²) in [6, 6.07) is 0.930. The Morgan fingerprint density at radius 2 is 2.26 bits per heavy atom. The smallest absolute Gasteiger partial charge is 0.330 e. The van der Waals surface area contributed by atoms with E-state index in [-0.39, 0.29) is 6.07 Å². The number of aromatic amines is 1. The summed E-state index contributed by atoms with van der Waals surface area (Å²) < 4.78 is 11.5. The number of nitrogens with zero attached hydrogens (tertiary/aromatic N) is 1. The van der Waals surface area contributed by atoms with Crippen molar-refractivity contribution in [2.24, 2.45) is 0 Å². The minimum Gasteiger partial charge on any atom is -0.394 e. The molecule has 0 aliphatic carbocycles. The van der Waals surface area contributed by atoms with E-state index in [0.29, 0.717) is 0 Å². The minimum atomic E-state index is -1.13. The first-order valence-electron chi connectivity index (χ1n) is 5.52. The van der Waals surface area contributed by atoms with Crippen LogP contribution in [0.5, 0.6) is 0 Å². The number of nitrogens with one attached hydrogen (secondary N) is 1. The van der Waals surface area contributed by atoms with Crippen LogP contribution in [-0.2, 0) is 9.47 Å². The Bertz CT molecular complexity index is 543. The van der Waals surface area contributed by atoms with E-state index in [2.05, 4.69) is 4.98 Å². The van der Waals surface area contributed by atoms with Crippen LogP contribution in [0.25, 0.3) is 0 Å². The van der Waals surface area contributed by atoms with Gasteiger partial charge in [0.05, 0.1) is 6.61 Å². The molecule has 8 nitrogen and oxygen atoms in total. The zero-order valence-corrected chi connectivity index (χ0v) is 10.5. The monoisotopic (exact) mass is 292 g/mol. The molecular weight excluding hydrogens is 280 g/mol. The normalized spacial score (nSPS) is 30.7. The van der Waals surface area contributed by atoms with Gasteiger partial charge in [-0.1, -0.05) is 11.6 Å². The third-order valence-electron chi connectivity index (χ3n) is 2.87. The van der Waals surface area contributed by atoms with Crippen molar-refractivity contribution in [1.29, 1.82) is 0 Å². The van der Waals surface area contributed by atoms with Crippen LogP contribution in [0, 0.1) is 0 Å². The number of H-pyrrole nitrogens is 1. The predicted octanol–water partition coefficient (Wildman–Crippen LogP) is -1.63. The molecule has 0 bridgehead atoms. The molecule has 1 saturated heterocycles. The molecule has 0 spiro atoms. The number of hydrogen-bond donors (Lipinski definition) is 3. The fraction of sp³-hybridized carbons (Fsp3) is 0.600. The SMILES string of the molecule is O=c1ccn([C@@H]2O[C@H](CO)[C@@H](O)[C@H]2OCCl)c(=O)[nH]1. The number of ether oxygens (including phenoxy) is 2. The second-order valence-electron chi connectivity index (χ2n) is 4.00. The molecule has 2 heterocycles. The van der Waals surface area contributed by atoms with E-state index in [1.54, 1.807) is 0 Å². The second-order valence-corrected chi connectivity index (χ2v) is 4.21. The van der Waals surface area contributed by atoms with Crippen LogP contribution in [0.1, 0.15) is 6.23 Å². The Balaban J connectivity index is 2.36. The standard InChI is InChI=1S/C10H13ClN2O6/c11-4-18-8-7(16)5(3-14)19-9(8)13-2-1-6(15)12-10(13)17/h1-2,5,7-9,14,16H,3-4H2,(H,12,15,17)/t5-,7-,8-,9-/m1/s1. The van der Waals surface area contributed by atoms with Gasteiger partial charge in [-0.15, -0.1) is 0 Å². The number of aliphatic hydroxyl groups is 2. The summed E-state index contributed by atoms with van der Waals surface area (Å²) in [6.45, 7) is -0.433. The number of aliphatic hydroxyl groups excluding tert-OH is 2. The number of alkyl halides is 1. The minimum absolute atomic E-state index is 0.210. The van der Waals surface area contributed by atoms with Crippen LogP contribution < -0.4 is 11.2 Å². The molecule has 0 amide bonds. The summed E-state index contributed by atoms with van der Waals surface area (Å²) in [5.74, 6) is 0. The molecule has 4 atom stereocenters. The van der Waals surface area contributed by atoms with Gasteiger partial charge in [0.15, 0.2) is 6.23 Å². The molecule has 0 radical (unpaired) electrons. The Morgan fingerprint density at radius 1 is 1.53 bits per heavy atom. The third kappa shape index (κ3) is 2.72. The lowest BCUT2D eigenvalue weighted by Gasteiger charge is -2.20. The largest absolute Gasteiger partial charge is 0.394 e. The molecule has 9 heteroatoms. The number of hydrogen-bond acceptors (Lipinski definition) is 6. The van der Waals surface area contributed by atoms with Crippen molar-refractivity contribution >= 4 is 11.6 Å². The summed E-state index contributed by atoms with van der Waals surface area (Å²) in [4.78, 5) is 24.7. The fourth-order valence-corrected chi connectivity index (χ4v) is 2.12. The summed E-state index contributed by atoms with van der Waals surface area (Å²) in [5, 5.41) is 19.0. The van der Waals surface area contributed by atoms with Crippen molar-refractivity contribution in [3.63, 3.8) is 0 Å². The molecule has 1 aromatic heterocycles. The van der Waals surface area contributed by atoms with Crippen LogP contribution in [-0.4, -0.2) is 50.7 Å². The lowest BCUT2D eigenvalue weighted by atomic mass is 10.1. The molecule has 1 aliphatic rings. The highest BCUT2D eigenvalue weighted by atomic mass is 35.5. The van der Waals surface area contributed by atoms with Crippen molar-refractivity contribution in [2.45, 2.75) is 24.5 Å². The first-order chi connectivity index (χ1) is 9.08. The Morgan fingerprint density at radius 3 is 2.84 bits per heavy atom. The van der Waals surface area contributed by atoms with Crippen LogP contribution in [0.15, 0.2) is 21.9 Å². The Hall–Kier alpha value is -1.19. The maximum atomic E-state index is 11.7. The van der Waals surface area contributed by atoms with Crippen molar-refractivity contribution < 1.29 is 19.7 Å². The lowest BCUT2D eigenvalue weighted by molar-refractivity contribution is -0.0656. The van der Waals surface area contributed by atoms with Crippen LogP contribution in [0.4, 0.5) is 0 Å². The van der Waals surface area contributed by atoms with Gasteiger partial charge in [-0.3, -0.25) is 14.3 Å². The molecule has 1 aliphatic heterocycles. The van der Waals surface area contributed by atoms with E-state index >= 15 is 0 Å². The van der Waals surface area contributed by atoms with Crippen LogP contribution in [0.2, 0.25) is 0 Å². The Kier molecular flexibility index (Phi) is 4.38. The van der Waals surface area contributed by atoms with Gasteiger partial charge in [-0.25, -0.2) is 4.79 Å². The van der Waals surface area contributed by atoms with Gasteiger partial charge in [0.25, 0.3) is 5.56 Å². The molecule has 0 aromatic carbocycles. The molecule has 0 unspecified atom stereocenters. The average molecular weight is 293 g/mol. The molecule has 1 fully saturated rings. The zero-order valence-electron chi connectivity index (χ0n) is 9.73. The third-order valence-corrected chi connectivity index (χ3v) is 3.00. The van der Waals surface area contributed by atoms with E-state index in [0.717, 1.165) is 10.6 Å². The van der Waals surface area contributed by atoms with E-state index < -0.39 is 42.4 Å². The maximum Gasteiger partial charge on any atom is 0.330 e. The van der Waals surface area contributed by atoms with Crippen LogP contribution in [0.3, 0.4) is 0 Å². The summed E-state index contributed by atoms with van der Waals surface area (Å²) in [6.07, 6.45) is -2.69. The number of rotatable bonds is 4. The molecule has 1 aromatic rings. The highest BCUT2D eigenvalue weighted by molar-refractivity contribution is 6.17. The highest BCUT2D eigenvalue weighted by Gasteiger charge is 2.45. The first kappa shape index (κ1) is 14.2. The van der Waals surface area contributed by atoms with E-state index in [1.165, 1.54) is 6.20 Å². The van der Waals surface area contributed by atoms with Crippen molar-refractivity contribution in [1.82, 2.24) is 9.55 Å². The van der Waals surface area contributed by atoms with Gasteiger partial charge in [-0.05, 0) is 0 Å². The second kappa shape index (κ2) is 5.85. The molecule has 0 saturated carbocycles. The van der Waals surface area contributed by atoms with Gasteiger partial charge in [0.2, 0.25) is 0 Å². The van der Waals surface area contributed by atoms with Crippen molar-refractivity contribution in [3.05, 3.63) is 33.1 Å². The number of halogens is 1. The zero-order chi connectivity index (χ0) is 14.0. The number of aromatic nitrogens is 2. The van der Waals surface area contributed by atoms with Gasteiger partial charge >= 0.3 is 5.69 Å². The molecule has 106 valence electrons. The Labute approximate surface area is 112 Å². The topological polar surface area (TPSA) is 114 Å². The molecule has 3 N–H and O–H groups in total. The average Bonchev–Trinajstić information content (AvgIpc) is 2.68. The lowest BCUT2D eigenvalue weighted by Crippen LogP contribution is -2.39. The fourth-order valence-electron chi connectivity index (χ4n) is 1.97. The van der Waals surface area contributed by atoms with Gasteiger partial charge in [0, 0.05) is 12.3 Å². The quantitative estimate of drug-likeness (QED) is 0.574.